The minimum atomic E-state index is -3.19. The highest BCUT2D eigenvalue weighted by molar-refractivity contribution is 7.91. The van der Waals surface area contributed by atoms with Gasteiger partial charge in [0, 0.05) is 43.3 Å². The lowest BCUT2D eigenvalue weighted by Gasteiger charge is -2.43. The quantitative estimate of drug-likeness (QED) is 0.777. The fourth-order valence-corrected chi connectivity index (χ4v) is 5.96. The molecule has 4 heterocycles. The van der Waals surface area contributed by atoms with Crippen LogP contribution in [-0.2, 0) is 16.4 Å². The molecule has 4 rings (SSSR count). The molecule has 0 unspecified atom stereocenters. The molecule has 2 N–H and O–H groups in total. The van der Waals surface area contributed by atoms with Crippen LogP contribution in [0.25, 0.3) is 0 Å². The minimum Gasteiger partial charge on any atom is -0.347 e. The van der Waals surface area contributed by atoms with Gasteiger partial charge in [-0.15, -0.1) is 0 Å². The third-order valence-electron chi connectivity index (χ3n) is 5.42. The van der Waals surface area contributed by atoms with Gasteiger partial charge in [-0.2, -0.15) is 5.10 Å². The second-order valence-electron chi connectivity index (χ2n) is 7.62. The first-order valence-corrected chi connectivity index (χ1v) is 10.9. The molecule has 0 aliphatic carbocycles. The molecule has 2 fully saturated rings. The molecule has 2 aromatic rings. The number of carbonyl (C=O) groups is 1. The molecule has 10 heteroatoms. The van der Waals surface area contributed by atoms with Gasteiger partial charge in [-0.05, 0) is 12.0 Å². The van der Waals surface area contributed by atoms with E-state index in [1.165, 1.54) is 0 Å². The maximum absolute atomic E-state index is 13.0. The van der Waals surface area contributed by atoms with Gasteiger partial charge in [0.05, 0.1) is 23.9 Å². The largest absolute Gasteiger partial charge is 0.347 e. The second kappa shape index (κ2) is 6.75. The van der Waals surface area contributed by atoms with Gasteiger partial charge in [-0.3, -0.25) is 14.8 Å². The number of carbonyl (C=O) groups excluding carboxylic acids is 1. The number of fused-ring (bicyclic) bond motifs is 1. The monoisotopic (exact) mass is 392 g/mol. The molecular formula is C17H24N6O3S. The summed E-state index contributed by atoms with van der Waals surface area (Å²) in [6, 6.07) is 1.21. The van der Waals surface area contributed by atoms with E-state index in [1.807, 2.05) is 13.8 Å². The first kappa shape index (κ1) is 18.2. The summed E-state index contributed by atoms with van der Waals surface area (Å²) >= 11 is 0. The average molecular weight is 392 g/mol. The summed E-state index contributed by atoms with van der Waals surface area (Å²) in [4.78, 5) is 23.9. The van der Waals surface area contributed by atoms with E-state index in [9.17, 15) is 13.2 Å². The topological polar surface area (TPSA) is 115 Å². The zero-order chi connectivity index (χ0) is 19.2. The van der Waals surface area contributed by atoms with E-state index in [-0.39, 0.29) is 35.4 Å². The number of nitrogens with one attached hydrogen (secondary N) is 2. The van der Waals surface area contributed by atoms with Crippen LogP contribution in [0.4, 0.5) is 0 Å². The number of nitrogens with zero attached hydrogens (tertiary/aromatic N) is 4. The van der Waals surface area contributed by atoms with E-state index < -0.39 is 9.84 Å². The summed E-state index contributed by atoms with van der Waals surface area (Å²) in [5, 5.41) is 7.05. The number of sulfone groups is 1. The van der Waals surface area contributed by atoms with Crippen LogP contribution in [0.5, 0.6) is 0 Å². The lowest BCUT2D eigenvalue weighted by molar-refractivity contribution is 0.0298. The summed E-state index contributed by atoms with van der Waals surface area (Å²) < 4.78 is 24.7. The van der Waals surface area contributed by atoms with E-state index >= 15 is 0 Å². The van der Waals surface area contributed by atoms with Crippen molar-refractivity contribution in [2.45, 2.75) is 38.4 Å². The van der Waals surface area contributed by atoms with Gasteiger partial charge in [0.15, 0.2) is 9.84 Å². The molecule has 146 valence electrons. The van der Waals surface area contributed by atoms with E-state index in [1.54, 1.807) is 23.5 Å². The maximum atomic E-state index is 13.0. The lowest BCUT2D eigenvalue weighted by atomic mass is 10.0. The fourth-order valence-electron chi connectivity index (χ4n) is 3.95. The second-order valence-corrected chi connectivity index (χ2v) is 9.77. The molecule has 0 aromatic carbocycles. The molecule has 0 spiro atoms. The van der Waals surface area contributed by atoms with Crippen LogP contribution in [0, 0.1) is 0 Å². The number of amides is 1. The standard InChI is InChI=1S/C17H24N6O3S/c1-11(2)13-5-14(21-20-13)17(24)23-4-3-22(7-12-6-18-10-19-12)15-8-27(25,26)9-16(15)23/h5-6,10-11,15-16H,3-4,7-9H2,1-2H3,(H,18,19)(H,20,21)/t15-,16+/m1/s1. The number of hydrogen-bond acceptors (Lipinski definition) is 6. The number of H-pyrrole nitrogens is 2. The summed E-state index contributed by atoms with van der Waals surface area (Å²) in [7, 11) is -3.19. The molecule has 9 nitrogen and oxygen atoms in total. The third-order valence-corrected chi connectivity index (χ3v) is 7.12. The van der Waals surface area contributed by atoms with Crippen LogP contribution >= 0.6 is 0 Å². The molecule has 2 saturated heterocycles. The van der Waals surface area contributed by atoms with Crippen LogP contribution in [0.3, 0.4) is 0 Å². The van der Waals surface area contributed by atoms with Crippen molar-refractivity contribution in [1.82, 2.24) is 30.0 Å². The first-order chi connectivity index (χ1) is 12.8. The van der Waals surface area contributed by atoms with Gasteiger partial charge in [0.1, 0.15) is 5.69 Å². The third kappa shape index (κ3) is 3.51. The van der Waals surface area contributed by atoms with Crippen molar-refractivity contribution >= 4 is 15.7 Å². The predicted octanol–water partition coefficient (Wildman–Crippen LogP) is 0.380. The van der Waals surface area contributed by atoms with Gasteiger partial charge in [-0.25, -0.2) is 13.4 Å². The summed E-state index contributed by atoms with van der Waals surface area (Å²) in [6.45, 7) is 5.74. The zero-order valence-corrected chi connectivity index (χ0v) is 16.2. The Hall–Kier alpha value is -2.20. The van der Waals surface area contributed by atoms with E-state index in [4.69, 9.17) is 0 Å². The number of aromatic nitrogens is 4. The highest BCUT2D eigenvalue weighted by Crippen LogP contribution is 2.29. The summed E-state index contributed by atoms with van der Waals surface area (Å²) in [6.07, 6.45) is 3.36. The highest BCUT2D eigenvalue weighted by atomic mass is 32.2. The molecule has 2 aliphatic rings. The van der Waals surface area contributed by atoms with Crippen molar-refractivity contribution in [2.24, 2.45) is 0 Å². The fraction of sp³-hybridized carbons (Fsp3) is 0.588. The number of imidazole rings is 1. The minimum absolute atomic E-state index is 0.00431. The SMILES string of the molecule is CC(C)c1cc(C(=O)N2CCN(Cc3cnc[nH]3)[C@@H]3CS(=O)(=O)C[C@@H]32)n[nH]1. The molecule has 0 bridgehead atoms. The van der Waals surface area contributed by atoms with Crippen LogP contribution in [0.1, 0.15) is 41.6 Å². The van der Waals surface area contributed by atoms with Crippen molar-refractivity contribution in [3.63, 3.8) is 0 Å². The summed E-state index contributed by atoms with van der Waals surface area (Å²) in [5.74, 6) is 0.119. The number of rotatable bonds is 4. The number of piperazine rings is 1. The van der Waals surface area contributed by atoms with E-state index in [2.05, 4.69) is 25.1 Å². The zero-order valence-electron chi connectivity index (χ0n) is 15.4. The maximum Gasteiger partial charge on any atom is 0.274 e. The van der Waals surface area contributed by atoms with E-state index in [0.29, 0.717) is 25.3 Å². The van der Waals surface area contributed by atoms with Gasteiger partial charge in [0.2, 0.25) is 0 Å². The molecule has 2 atom stereocenters. The Balaban J connectivity index is 1.57. The van der Waals surface area contributed by atoms with Crippen LogP contribution < -0.4 is 0 Å². The van der Waals surface area contributed by atoms with Crippen molar-refractivity contribution in [2.75, 3.05) is 24.6 Å². The number of aromatic amines is 2. The molecule has 2 aliphatic heterocycles. The summed E-state index contributed by atoms with van der Waals surface area (Å²) in [5.41, 5.74) is 2.18. The van der Waals surface area contributed by atoms with Crippen LogP contribution in [0.15, 0.2) is 18.6 Å². The average Bonchev–Trinajstić information content (AvgIpc) is 3.32. The Morgan fingerprint density at radius 1 is 1.30 bits per heavy atom. The molecule has 0 saturated carbocycles. The van der Waals surface area contributed by atoms with Crippen LogP contribution in [-0.4, -0.2) is 81.0 Å². The van der Waals surface area contributed by atoms with Gasteiger partial charge >= 0.3 is 0 Å². The predicted molar refractivity (Wildman–Crippen MR) is 98.9 cm³/mol. The smallest absolute Gasteiger partial charge is 0.274 e. The van der Waals surface area contributed by atoms with Crippen LogP contribution in [0.2, 0.25) is 0 Å². The molecule has 1 amide bonds. The Morgan fingerprint density at radius 2 is 2.07 bits per heavy atom. The highest BCUT2D eigenvalue weighted by Gasteiger charge is 2.48. The van der Waals surface area contributed by atoms with Crippen molar-refractivity contribution < 1.29 is 13.2 Å². The Labute approximate surface area is 158 Å². The Morgan fingerprint density at radius 3 is 2.74 bits per heavy atom. The first-order valence-electron chi connectivity index (χ1n) is 9.12. The van der Waals surface area contributed by atoms with Crippen molar-refractivity contribution in [3.8, 4) is 0 Å². The van der Waals surface area contributed by atoms with Crippen molar-refractivity contribution in [3.05, 3.63) is 35.7 Å². The van der Waals surface area contributed by atoms with E-state index in [0.717, 1.165) is 11.4 Å². The van der Waals surface area contributed by atoms with Gasteiger partial charge in [0.25, 0.3) is 5.91 Å². The molecule has 2 aromatic heterocycles. The van der Waals surface area contributed by atoms with Gasteiger partial charge < -0.3 is 9.88 Å². The Bertz CT molecular complexity index is 920. The van der Waals surface area contributed by atoms with Crippen molar-refractivity contribution in [1.29, 1.82) is 0 Å². The van der Waals surface area contributed by atoms with Gasteiger partial charge in [-0.1, -0.05) is 13.8 Å². The Kier molecular flexibility index (Phi) is 4.55. The normalized spacial score (nSPS) is 25.1. The molecule has 27 heavy (non-hydrogen) atoms. The molecule has 0 radical (unpaired) electrons. The molecular weight excluding hydrogens is 368 g/mol. The lowest BCUT2D eigenvalue weighted by Crippen LogP contribution is -2.60. The number of hydrogen-bond donors (Lipinski definition) is 2.